The molecule has 6 heteroatoms. The Morgan fingerprint density at radius 1 is 1.21 bits per heavy atom. The Hall–Kier alpha value is -2.89. The number of hydrogen-bond donors (Lipinski definition) is 1. The van der Waals surface area contributed by atoms with E-state index in [-0.39, 0.29) is 23.4 Å². The fraction of sp³-hybridized carbons (Fsp3) is 0.278. The van der Waals surface area contributed by atoms with Crippen LogP contribution in [0, 0.1) is 10.1 Å². The number of hydrogen-bond acceptors (Lipinski definition) is 3. The summed E-state index contributed by atoms with van der Waals surface area (Å²) in [6.45, 7) is 0. The highest BCUT2D eigenvalue weighted by molar-refractivity contribution is 5.92. The molecule has 1 atom stereocenters. The van der Waals surface area contributed by atoms with Crippen molar-refractivity contribution in [1.29, 1.82) is 0 Å². The quantitative estimate of drug-likeness (QED) is 0.681. The van der Waals surface area contributed by atoms with Crippen molar-refractivity contribution in [2.45, 2.75) is 25.3 Å². The van der Waals surface area contributed by atoms with E-state index in [4.69, 9.17) is 0 Å². The van der Waals surface area contributed by atoms with Crippen molar-refractivity contribution in [3.8, 4) is 0 Å². The van der Waals surface area contributed by atoms with Gasteiger partial charge >= 0.3 is 6.03 Å². The standard InChI is InChI=1S/C18H19N3O3/c1-20(16-12-6-8-13-7-2-3-9-14(13)16)18(22)19-15-10-4-5-11-17(15)21(23)24/h2-5,7,9-11,16H,6,8,12H2,1H3,(H,19,22). The third-order valence-corrected chi connectivity index (χ3v) is 4.47. The van der Waals surface area contributed by atoms with Crippen molar-refractivity contribution in [2.75, 3.05) is 12.4 Å². The van der Waals surface area contributed by atoms with Gasteiger partial charge in [0.25, 0.3) is 5.69 Å². The lowest BCUT2D eigenvalue weighted by molar-refractivity contribution is -0.383. The molecule has 0 fully saturated rings. The van der Waals surface area contributed by atoms with Gasteiger partial charge < -0.3 is 10.2 Å². The smallest absolute Gasteiger partial charge is 0.321 e. The van der Waals surface area contributed by atoms with Crippen molar-refractivity contribution < 1.29 is 9.72 Å². The van der Waals surface area contributed by atoms with Gasteiger partial charge in [0, 0.05) is 13.1 Å². The molecule has 1 aliphatic carbocycles. The summed E-state index contributed by atoms with van der Waals surface area (Å²) >= 11 is 0. The molecule has 2 aromatic rings. The molecule has 0 heterocycles. The van der Waals surface area contributed by atoms with Crippen LogP contribution in [0.25, 0.3) is 0 Å². The first kappa shape index (κ1) is 16.0. The Bertz CT molecular complexity index is 776. The number of anilines is 1. The highest BCUT2D eigenvalue weighted by Crippen LogP contribution is 2.34. The van der Waals surface area contributed by atoms with Crippen molar-refractivity contribution in [2.24, 2.45) is 0 Å². The second-order valence-corrected chi connectivity index (χ2v) is 5.92. The van der Waals surface area contributed by atoms with Crippen LogP contribution in [-0.4, -0.2) is 22.9 Å². The molecule has 124 valence electrons. The summed E-state index contributed by atoms with van der Waals surface area (Å²) in [4.78, 5) is 24.8. The fourth-order valence-corrected chi connectivity index (χ4v) is 3.21. The van der Waals surface area contributed by atoms with Crippen LogP contribution in [0.1, 0.15) is 30.0 Å². The molecule has 2 amide bonds. The second-order valence-electron chi connectivity index (χ2n) is 5.92. The zero-order valence-electron chi connectivity index (χ0n) is 13.4. The number of nitro groups is 1. The molecule has 2 aromatic carbocycles. The SMILES string of the molecule is CN(C(=O)Nc1ccccc1[N+](=O)[O-])C1CCCc2ccccc21. The Balaban J connectivity index is 1.81. The van der Waals surface area contributed by atoms with E-state index in [0.29, 0.717) is 0 Å². The van der Waals surface area contributed by atoms with E-state index in [1.54, 1.807) is 30.1 Å². The van der Waals surface area contributed by atoms with Crippen molar-refractivity contribution in [3.05, 3.63) is 69.8 Å². The van der Waals surface area contributed by atoms with E-state index in [1.165, 1.54) is 11.6 Å². The molecule has 6 nitrogen and oxygen atoms in total. The Morgan fingerprint density at radius 3 is 2.71 bits per heavy atom. The minimum absolute atomic E-state index is 0.0160. The van der Waals surface area contributed by atoms with Crippen LogP contribution in [-0.2, 0) is 6.42 Å². The van der Waals surface area contributed by atoms with Gasteiger partial charge in [0.15, 0.2) is 0 Å². The summed E-state index contributed by atoms with van der Waals surface area (Å²) in [5, 5.41) is 13.7. The first-order valence-corrected chi connectivity index (χ1v) is 7.93. The molecule has 0 spiro atoms. The number of aryl methyl sites for hydroxylation is 1. The van der Waals surface area contributed by atoms with Crippen LogP contribution in [0.2, 0.25) is 0 Å². The van der Waals surface area contributed by atoms with Crippen molar-refractivity contribution >= 4 is 17.4 Å². The fourth-order valence-electron chi connectivity index (χ4n) is 3.21. The molecule has 1 N–H and O–H groups in total. The monoisotopic (exact) mass is 325 g/mol. The normalized spacial score (nSPS) is 16.1. The summed E-state index contributed by atoms with van der Waals surface area (Å²) in [5.41, 5.74) is 2.52. The highest BCUT2D eigenvalue weighted by Gasteiger charge is 2.27. The maximum atomic E-state index is 12.6. The number of rotatable bonds is 3. The van der Waals surface area contributed by atoms with Gasteiger partial charge in [-0.15, -0.1) is 0 Å². The van der Waals surface area contributed by atoms with E-state index in [0.717, 1.165) is 24.8 Å². The predicted octanol–water partition coefficient (Wildman–Crippen LogP) is 4.14. The Morgan fingerprint density at radius 2 is 1.92 bits per heavy atom. The van der Waals surface area contributed by atoms with Crippen LogP contribution < -0.4 is 5.32 Å². The molecule has 0 radical (unpaired) electrons. The number of fused-ring (bicyclic) bond motifs is 1. The van der Waals surface area contributed by atoms with Crippen LogP contribution in [0.5, 0.6) is 0 Å². The molecule has 0 aliphatic heterocycles. The van der Waals surface area contributed by atoms with Gasteiger partial charge in [-0.1, -0.05) is 36.4 Å². The lowest BCUT2D eigenvalue weighted by Crippen LogP contribution is -2.36. The molecular formula is C18H19N3O3. The number of amides is 2. The minimum atomic E-state index is -0.495. The Labute approximate surface area is 140 Å². The lowest BCUT2D eigenvalue weighted by Gasteiger charge is -2.33. The van der Waals surface area contributed by atoms with E-state index in [2.05, 4.69) is 11.4 Å². The van der Waals surface area contributed by atoms with Gasteiger partial charge in [-0.3, -0.25) is 10.1 Å². The van der Waals surface area contributed by atoms with Gasteiger partial charge in [-0.05, 0) is 36.5 Å². The van der Waals surface area contributed by atoms with Crippen LogP contribution >= 0.6 is 0 Å². The van der Waals surface area contributed by atoms with Crippen molar-refractivity contribution in [3.63, 3.8) is 0 Å². The van der Waals surface area contributed by atoms with Crippen molar-refractivity contribution in [1.82, 2.24) is 4.90 Å². The Kier molecular flexibility index (Phi) is 4.46. The van der Waals surface area contributed by atoms with E-state index in [9.17, 15) is 14.9 Å². The molecule has 0 aromatic heterocycles. The minimum Gasteiger partial charge on any atom is -0.321 e. The summed E-state index contributed by atoms with van der Waals surface area (Å²) in [7, 11) is 1.73. The number of nitro benzene ring substituents is 1. The molecule has 0 saturated heterocycles. The molecule has 1 aliphatic rings. The molecule has 3 rings (SSSR count). The number of para-hydroxylation sites is 2. The van der Waals surface area contributed by atoms with E-state index < -0.39 is 4.92 Å². The molecule has 0 bridgehead atoms. The molecular weight excluding hydrogens is 306 g/mol. The van der Waals surface area contributed by atoms with Gasteiger partial charge in [0.05, 0.1) is 11.0 Å². The predicted molar refractivity (Wildman–Crippen MR) is 92.0 cm³/mol. The third kappa shape index (κ3) is 3.08. The summed E-state index contributed by atoms with van der Waals surface area (Å²) < 4.78 is 0. The summed E-state index contributed by atoms with van der Waals surface area (Å²) in [6, 6.07) is 13.9. The van der Waals surface area contributed by atoms with Gasteiger partial charge in [-0.2, -0.15) is 0 Å². The first-order chi connectivity index (χ1) is 11.6. The molecule has 24 heavy (non-hydrogen) atoms. The number of urea groups is 1. The zero-order valence-corrected chi connectivity index (χ0v) is 13.4. The van der Waals surface area contributed by atoms with Crippen LogP contribution in [0.15, 0.2) is 48.5 Å². The van der Waals surface area contributed by atoms with Crippen LogP contribution in [0.4, 0.5) is 16.2 Å². The number of carbonyl (C=O) groups excluding carboxylic acids is 1. The van der Waals surface area contributed by atoms with E-state index in [1.807, 2.05) is 18.2 Å². The molecule has 1 unspecified atom stereocenters. The largest absolute Gasteiger partial charge is 0.322 e. The number of benzene rings is 2. The maximum absolute atomic E-state index is 12.6. The lowest BCUT2D eigenvalue weighted by atomic mass is 9.87. The average molecular weight is 325 g/mol. The second kappa shape index (κ2) is 6.70. The summed E-state index contributed by atoms with van der Waals surface area (Å²) in [5.74, 6) is 0. The van der Waals surface area contributed by atoms with Gasteiger partial charge in [0.2, 0.25) is 0 Å². The van der Waals surface area contributed by atoms with Gasteiger partial charge in [0.1, 0.15) is 5.69 Å². The highest BCUT2D eigenvalue weighted by atomic mass is 16.6. The van der Waals surface area contributed by atoms with Gasteiger partial charge in [-0.25, -0.2) is 4.79 Å². The average Bonchev–Trinajstić information content (AvgIpc) is 2.61. The zero-order chi connectivity index (χ0) is 17.1. The molecule has 0 saturated carbocycles. The first-order valence-electron chi connectivity index (χ1n) is 7.93. The summed E-state index contributed by atoms with van der Waals surface area (Å²) in [6.07, 6.45) is 2.93. The number of nitrogens with zero attached hydrogens (tertiary/aromatic N) is 2. The number of nitrogens with one attached hydrogen (secondary N) is 1. The maximum Gasteiger partial charge on any atom is 0.322 e. The number of carbonyl (C=O) groups is 1. The van der Waals surface area contributed by atoms with Crippen LogP contribution in [0.3, 0.4) is 0 Å². The third-order valence-electron chi connectivity index (χ3n) is 4.47. The van der Waals surface area contributed by atoms with E-state index >= 15 is 0 Å². The topological polar surface area (TPSA) is 75.5 Å².